The van der Waals surface area contributed by atoms with Crippen molar-refractivity contribution in [3.05, 3.63) is 30.6 Å². The minimum absolute atomic E-state index is 0.458. The molecule has 1 aliphatic rings. The molecular formula is C15H21N3O. The SMILES string of the molecule is CCC1(Cc2ccnn2-c2cocn2)CCCCC1. The lowest BCUT2D eigenvalue weighted by molar-refractivity contribution is 0.176. The third-order valence-corrected chi connectivity index (χ3v) is 4.58. The lowest BCUT2D eigenvalue weighted by atomic mass is 9.69. The number of hydrogen-bond donors (Lipinski definition) is 0. The Balaban J connectivity index is 1.85. The summed E-state index contributed by atoms with van der Waals surface area (Å²) < 4.78 is 6.98. The van der Waals surface area contributed by atoms with E-state index in [9.17, 15) is 0 Å². The Kier molecular flexibility index (Phi) is 3.40. The van der Waals surface area contributed by atoms with Gasteiger partial charge in [-0.05, 0) is 30.7 Å². The van der Waals surface area contributed by atoms with E-state index in [-0.39, 0.29) is 0 Å². The van der Waals surface area contributed by atoms with Gasteiger partial charge in [-0.2, -0.15) is 10.1 Å². The molecule has 2 heterocycles. The van der Waals surface area contributed by atoms with Crippen LogP contribution in [0.1, 0.15) is 51.1 Å². The van der Waals surface area contributed by atoms with Gasteiger partial charge in [0, 0.05) is 11.9 Å². The van der Waals surface area contributed by atoms with Crippen LogP contribution < -0.4 is 0 Å². The molecular weight excluding hydrogens is 238 g/mol. The van der Waals surface area contributed by atoms with Gasteiger partial charge in [0.2, 0.25) is 0 Å². The van der Waals surface area contributed by atoms with Gasteiger partial charge in [0.25, 0.3) is 0 Å². The zero-order chi connectivity index (χ0) is 13.1. The molecule has 4 heteroatoms. The third-order valence-electron chi connectivity index (χ3n) is 4.58. The van der Waals surface area contributed by atoms with E-state index in [2.05, 4.69) is 23.1 Å². The van der Waals surface area contributed by atoms with Gasteiger partial charge in [0.15, 0.2) is 12.2 Å². The quantitative estimate of drug-likeness (QED) is 0.839. The zero-order valence-corrected chi connectivity index (χ0v) is 11.5. The van der Waals surface area contributed by atoms with Gasteiger partial charge in [-0.3, -0.25) is 0 Å². The van der Waals surface area contributed by atoms with Gasteiger partial charge in [-0.1, -0.05) is 32.6 Å². The molecule has 1 fully saturated rings. The fraction of sp³-hybridized carbons (Fsp3) is 0.600. The molecule has 0 bridgehead atoms. The van der Waals surface area contributed by atoms with Gasteiger partial charge < -0.3 is 4.42 Å². The highest BCUT2D eigenvalue weighted by Crippen LogP contribution is 2.42. The molecule has 0 radical (unpaired) electrons. The van der Waals surface area contributed by atoms with Crippen LogP contribution in [0.4, 0.5) is 0 Å². The largest absolute Gasteiger partial charge is 0.449 e. The van der Waals surface area contributed by atoms with Crippen LogP contribution in [0.5, 0.6) is 0 Å². The predicted molar refractivity (Wildman–Crippen MR) is 73.1 cm³/mol. The molecule has 0 atom stereocenters. The van der Waals surface area contributed by atoms with Crippen molar-refractivity contribution in [2.24, 2.45) is 5.41 Å². The first kappa shape index (κ1) is 12.5. The number of oxazole rings is 1. The second-order valence-corrected chi connectivity index (χ2v) is 5.67. The monoisotopic (exact) mass is 259 g/mol. The van der Waals surface area contributed by atoms with Crippen LogP contribution in [-0.2, 0) is 6.42 Å². The summed E-state index contributed by atoms with van der Waals surface area (Å²) in [4.78, 5) is 4.19. The average molecular weight is 259 g/mol. The van der Waals surface area contributed by atoms with Crippen molar-refractivity contribution in [2.45, 2.75) is 51.9 Å². The standard InChI is InChI=1S/C15H21N3O/c1-2-15(7-4-3-5-8-15)10-13-6-9-17-18(13)14-11-19-12-16-14/h6,9,11-12H,2-5,7-8,10H2,1H3. The molecule has 0 amide bonds. The maximum atomic E-state index is 5.06. The minimum atomic E-state index is 0.458. The minimum Gasteiger partial charge on any atom is -0.449 e. The lowest BCUT2D eigenvalue weighted by Crippen LogP contribution is -2.27. The summed E-state index contributed by atoms with van der Waals surface area (Å²) in [7, 11) is 0. The van der Waals surface area contributed by atoms with Crippen LogP contribution in [-0.4, -0.2) is 14.8 Å². The Bertz CT molecular complexity index is 509. The van der Waals surface area contributed by atoms with E-state index in [1.807, 2.05) is 10.9 Å². The van der Waals surface area contributed by atoms with Crippen LogP contribution in [0.3, 0.4) is 0 Å². The summed E-state index contributed by atoms with van der Waals surface area (Å²) in [6, 6.07) is 2.11. The van der Waals surface area contributed by atoms with E-state index in [1.54, 1.807) is 6.26 Å². The molecule has 3 rings (SSSR count). The van der Waals surface area contributed by atoms with Crippen molar-refractivity contribution >= 4 is 0 Å². The van der Waals surface area contributed by atoms with E-state index >= 15 is 0 Å². The molecule has 102 valence electrons. The van der Waals surface area contributed by atoms with E-state index in [0.29, 0.717) is 5.41 Å². The third kappa shape index (κ3) is 2.44. The van der Waals surface area contributed by atoms with E-state index < -0.39 is 0 Å². The molecule has 2 aromatic heterocycles. The van der Waals surface area contributed by atoms with Crippen molar-refractivity contribution in [1.29, 1.82) is 0 Å². The molecule has 0 N–H and O–H groups in total. The molecule has 0 aliphatic heterocycles. The van der Waals surface area contributed by atoms with Crippen LogP contribution in [0.2, 0.25) is 0 Å². The van der Waals surface area contributed by atoms with E-state index in [0.717, 1.165) is 12.2 Å². The summed E-state index contributed by atoms with van der Waals surface area (Å²) >= 11 is 0. The first-order chi connectivity index (χ1) is 9.33. The van der Waals surface area contributed by atoms with E-state index in [1.165, 1.54) is 50.6 Å². The fourth-order valence-electron chi connectivity index (χ4n) is 3.32. The first-order valence-corrected chi connectivity index (χ1v) is 7.24. The normalized spacial score (nSPS) is 18.6. The average Bonchev–Trinajstić information content (AvgIpc) is 3.10. The van der Waals surface area contributed by atoms with Crippen molar-refractivity contribution in [1.82, 2.24) is 14.8 Å². The lowest BCUT2D eigenvalue weighted by Gasteiger charge is -2.36. The summed E-state index contributed by atoms with van der Waals surface area (Å²) in [5.74, 6) is 0.780. The van der Waals surface area contributed by atoms with E-state index in [4.69, 9.17) is 4.42 Å². The van der Waals surface area contributed by atoms with Crippen LogP contribution in [0.25, 0.3) is 5.82 Å². The fourth-order valence-corrected chi connectivity index (χ4v) is 3.32. The zero-order valence-electron chi connectivity index (χ0n) is 11.5. The highest BCUT2D eigenvalue weighted by Gasteiger charge is 2.31. The summed E-state index contributed by atoms with van der Waals surface area (Å²) in [6.45, 7) is 2.32. The number of aromatic nitrogens is 3. The maximum absolute atomic E-state index is 5.06. The molecule has 0 unspecified atom stereocenters. The van der Waals surface area contributed by atoms with Gasteiger partial charge >= 0.3 is 0 Å². The molecule has 0 saturated heterocycles. The van der Waals surface area contributed by atoms with Gasteiger partial charge in [-0.25, -0.2) is 4.68 Å². The molecule has 19 heavy (non-hydrogen) atoms. The molecule has 0 aromatic carbocycles. The highest BCUT2D eigenvalue weighted by molar-refractivity contribution is 5.20. The topological polar surface area (TPSA) is 43.9 Å². The van der Waals surface area contributed by atoms with Crippen molar-refractivity contribution in [2.75, 3.05) is 0 Å². The highest BCUT2D eigenvalue weighted by atomic mass is 16.3. The van der Waals surface area contributed by atoms with Crippen LogP contribution in [0, 0.1) is 5.41 Å². The summed E-state index contributed by atoms with van der Waals surface area (Å²) in [6.07, 6.45) is 14.1. The number of nitrogens with zero attached hydrogens (tertiary/aromatic N) is 3. The Labute approximate surface area is 113 Å². The van der Waals surface area contributed by atoms with Gasteiger partial charge in [0.05, 0.1) is 0 Å². The molecule has 0 spiro atoms. The first-order valence-electron chi connectivity index (χ1n) is 7.24. The Hall–Kier alpha value is -1.58. The molecule has 1 aliphatic carbocycles. The van der Waals surface area contributed by atoms with Crippen molar-refractivity contribution in [3.63, 3.8) is 0 Å². The summed E-state index contributed by atoms with van der Waals surface area (Å²) in [5.41, 5.74) is 1.71. The molecule has 2 aromatic rings. The second-order valence-electron chi connectivity index (χ2n) is 5.67. The van der Waals surface area contributed by atoms with Crippen LogP contribution in [0.15, 0.2) is 29.3 Å². The number of hydrogen-bond acceptors (Lipinski definition) is 3. The predicted octanol–water partition coefficient (Wildman–Crippen LogP) is 3.76. The second kappa shape index (κ2) is 5.19. The maximum Gasteiger partial charge on any atom is 0.192 e. The number of rotatable bonds is 4. The van der Waals surface area contributed by atoms with Crippen molar-refractivity contribution < 1.29 is 4.42 Å². The van der Waals surface area contributed by atoms with Gasteiger partial charge in [0.1, 0.15) is 6.26 Å². The Morgan fingerprint density at radius 3 is 2.84 bits per heavy atom. The Morgan fingerprint density at radius 1 is 1.32 bits per heavy atom. The smallest absolute Gasteiger partial charge is 0.192 e. The van der Waals surface area contributed by atoms with Gasteiger partial charge in [-0.15, -0.1) is 0 Å². The van der Waals surface area contributed by atoms with Crippen LogP contribution >= 0.6 is 0 Å². The Morgan fingerprint density at radius 2 is 2.16 bits per heavy atom. The van der Waals surface area contributed by atoms with Crippen molar-refractivity contribution in [3.8, 4) is 5.82 Å². The summed E-state index contributed by atoms with van der Waals surface area (Å²) in [5, 5.41) is 4.38. The molecule has 1 saturated carbocycles. The molecule has 4 nitrogen and oxygen atoms in total.